The Labute approximate surface area is 145 Å². The Hall–Kier alpha value is -2.51. The first-order valence-corrected chi connectivity index (χ1v) is 8.02. The van der Waals surface area contributed by atoms with Gasteiger partial charge in [-0.15, -0.1) is 11.3 Å². The number of carbonyl (C=O) groups excluding carboxylic acids is 1. The number of urea groups is 1. The fourth-order valence-corrected chi connectivity index (χ4v) is 2.78. The molecule has 2 amide bonds. The molecule has 0 fully saturated rings. The molecule has 122 valence electrons. The number of anilines is 2. The smallest absolute Gasteiger partial charge is 0.302 e. The van der Waals surface area contributed by atoms with E-state index in [9.17, 15) is 13.6 Å². The Morgan fingerprint density at radius 1 is 1.04 bits per heavy atom. The summed E-state index contributed by atoms with van der Waals surface area (Å²) in [7, 11) is 0. The summed E-state index contributed by atoms with van der Waals surface area (Å²) in [6, 6.07) is 9.62. The van der Waals surface area contributed by atoms with Gasteiger partial charge < -0.3 is 5.32 Å². The number of amides is 2. The number of para-hydroxylation sites is 1. The number of thiazole rings is 1. The second kappa shape index (κ2) is 6.94. The fraction of sp³-hybridized carbons (Fsp3) is 0. The second-order valence-electron chi connectivity index (χ2n) is 4.72. The van der Waals surface area contributed by atoms with E-state index in [0.717, 1.165) is 17.7 Å². The lowest BCUT2D eigenvalue weighted by atomic mass is 10.2. The summed E-state index contributed by atoms with van der Waals surface area (Å²) in [4.78, 5) is 16.1. The first-order valence-electron chi connectivity index (χ1n) is 6.76. The van der Waals surface area contributed by atoms with Gasteiger partial charge in [0.05, 0.1) is 5.69 Å². The number of hydrogen-bond donors (Lipinski definition) is 2. The van der Waals surface area contributed by atoms with E-state index in [-0.39, 0.29) is 0 Å². The summed E-state index contributed by atoms with van der Waals surface area (Å²) in [5, 5.41) is 7.24. The van der Waals surface area contributed by atoms with Gasteiger partial charge in [-0.25, -0.2) is 18.6 Å². The maximum Gasteiger partial charge on any atom is 0.325 e. The van der Waals surface area contributed by atoms with Gasteiger partial charge >= 0.3 is 6.03 Å². The predicted octanol–water partition coefficient (Wildman–Crippen LogP) is 5.39. The van der Waals surface area contributed by atoms with Gasteiger partial charge in [-0.1, -0.05) is 29.8 Å². The highest BCUT2D eigenvalue weighted by Gasteiger charge is 2.13. The zero-order valence-corrected chi connectivity index (χ0v) is 13.6. The molecule has 24 heavy (non-hydrogen) atoms. The number of rotatable bonds is 3. The van der Waals surface area contributed by atoms with Crippen LogP contribution in [0, 0.1) is 11.6 Å². The molecule has 0 spiro atoms. The van der Waals surface area contributed by atoms with Crippen LogP contribution in [0.2, 0.25) is 5.02 Å². The summed E-state index contributed by atoms with van der Waals surface area (Å²) in [6.07, 6.45) is 0. The number of hydrogen-bond acceptors (Lipinski definition) is 3. The summed E-state index contributed by atoms with van der Waals surface area (Å²) in [6.45, 7) is 0. The molecule has 0 saturated carbocycles. The zero-order valence-electron chi connectivity index (χ0n) is 12.0. The number of halogens is 3. The maximum absolute atomic E-state index is 13.5. The molecular weight excluding hydrogens is 356 g/mol. The van der Waals surface area contributed by atoms with E-state index in [1.807, 2.05) is 0 Å². The normalized spacial score (nSPS) is 10.5. The van der Waals surface area contributed by atoms with Gasteiger partial charge in [0.1, 0.15) is 17.3 Å². The lowest BCUT2D eigenvalue weighted by molar-refractivity contribution is 0.262. The van der Waals surface area contributed by atoms with Crippen LogP contribution in [0.25, 0.3) is 11.3 Å². The summed E-state index contributed by atoms with van der Waals surface area (Å²) < 4.78 is 27.0. The number of benzene rings is 2. The highest BCUT2D eigenvalue weighted by Crippen LogP contribution is 2.26. The van der Waals surface area contributed by atoms with E-state index in [2.05, 4.69) is 15.6 Å². The highest BCUT2D eigenvalue weighted by molar-refractivity contribution is 7.14. The van der Waals surface area contributed by atoms with Gasteiger partial charge in [0, 0.05) is 16.0 Å². The molecule has 1 heterocycles. The SMILES string of the molecule is O=C(Nc1nc(-c2ccc(Cl)cc2)cs1)Nc1c(F)cccc1F. The third kappa shape index (κ3) is 3.69. The van der Waals surface area contributed by atoms with Crippen molar-refractivity contribution in [3.63, 3.8) is 0 Å². The van der Waals surface area contributed by atoms with Gasteiger partial charge in [-0.3, -0.25) is 5.32 Å². The van der Waals surface area contributed by atoms with Crippen LogP contribution < -0.4 is 10.6 Å². The van der Waals surface area contributed by atoms with Crippen LogP contribution in [-0.4, -0.2) is 11.0 Å². The van der Waals surface area contributed by atoms with Crippen molar-refractivity contribution >= 4 is 39.8 Å². The molecule has 0 aliphatic carbocycles. The molecule has 0 unspecified atom stereocenters. The van der Waals surface area contributed by atoms with Crippen molar-refractivity contribution < 1.29 is 13.6 Å². The van der Waals surface area contributed by atoms with E-state index in [0.29, 0.717) is 15.8 Å². The van der Waals surface area contributed by atoms with Crippen molar-refractivity contribution in [2.45, 2.75) is 0 Å². The van der Waals surface area contributed by atoms with E-state index >= 15 is 0 Å². The van der Waals surface area contributed by atoms with Gasteiger partial charge in [-0.05, 0) is 24.3 Å². The minimum atomic E-state index is -0.855. The quantitative estimate of drug-likeness (QED) is 0.654. The van der Waals surface area contributed by atoms with Crippen molar-refractivity contribution in [1.82, 2.24) is 4.98 Å². The largest absolute Gasteiger partial charge is 0.325 e. The van der Waals surface area contributed by atoms with Crippen LogP contribution >= 0.6 is 22.9 Å². The molecule has 8 heteroatoms. The van der Waals surface area contributed by atoms with Gasteiger partial charge in [0.2, 0.25) is 0 Å². The van der Waals surface area contributed by atoms with Crippen molar-refractivity contribution in [2.24, 2.45) is 0 Å². The molecule has 2 aromatic carbocycles. The Morgan fingerprint density at radius 2 is 1.71 bits per heavy atom. The molecule has 0 saturated heterocycles. The van der Waals surface area contributed by atoms with E-state index in [1.54, 1.807) is 29.6 Å². The first-order chi connectivity index (χ1) is 11.5. The molecule has 0 atom stereocenters. The summed E-state index contributed by atoms with van der Waals surface area (Å²) in [5.74, 6) is -1.71. The minimum Gasteiger partial charge on any atom is -0.302 e. The Morgan fingerprint density at radius 3 is 2.38 bits per heavy atom. The number of nitrogens with one attached hydrogen (secondary N) is 2. The van der Waals surface area contributed by atoms with Gasteiger partial charge in [-0.2, -0.15) is 0 Å². The average molecular weight is 366 g/mol. The predicted molar refractivity (Wildman–Crippen MR) is 91.6 cm³/mol. The fourth-order valence-electron chi connectivity index (χ4n) is 1.94. The van der Waals surface area contributed by atoms with E-state index in [1.165, 1.54) is 17.4 Å². The lowest BCUT2D eigenvalue weighted by Crippen LogP contribution is -2.20. The van der Waals surface area contributed by atoms with Crippen LogP contribution in [0.5, 0.6) is 0 Å². The molecule has 0 radical (unpaired) electrons. The third-order valence-corrected chi connectivity index (χ3v) is 4.08. The molecule has 0 bridgehead atoms. The standard InChI is InChI=1S/C16H10ClF2N3OS/c17-10-6-4-9(5-7-10)13-8-24-16(20-13)22-15(23)21-14-11(18)2-1-3-12(14)19/h1-8H,(H2,20,21,22,23). The molecular formula is C16H10ClF2N3OS. The monoisotopic (exact) mass is 365 g/mol. The molecule has 1 aromatic heterocycles. The molecule has 3 aromatic rings. The second-order valence-corrected chi connectivity index (χ2v) is 6.02. The van der Waals surface area contributed by atoms with Crippen LogP contribution in [0.1, 0.15) is 0 Å². The van der Waals surface area contributed by atoms with Crippen LogP contribution in [0.3, 0.4) is 0 Å². The topological polar surface area (TPSA) is 54.0 Å². The Balaban J connectivity index is 1.70. The molecule has 2 N–H and O–H groups in total. The van der Waals surface area contributed by atoms with E-state index in [4.69, 9.17) is 11.6 Å². The summed E-state index contributed by atoms with van der Waals surface area (Å²) >= 11 is 7.02. The molecule has 3 rings (SSSR count). The highest BCUT2D eigenvalue weighted by atomic mass is 35.5. The zero-order chi connectivity index (χ0) is 17.1. The summed E-state index contributed by atoms with van der Waals surface area (Å²) in [5.41, 5.74) is 0.984. The van der Waals surface area contributed by atoms with Crippen molar-refractivity contribution in [3.8, 4) is 11.3 Å². The lowest BCUT2D eigenvalue weighted by Gasteiger charge is -2.07. The van der Waals surface area contributed by atoms with Crippen LogP contribution in [0.15, 0.2) is 47.8 Å². The number of aromatic nitrogens is 1. The third-order valence-electron chi connectivity index (χ3n) is 3.07. The number of carbonyl (C=O) groups is 1. The van der Waals surface area contributed by atoms with Crippen LogP contribution in [0.4, 0.5) is 24.4 Å². The minimum absolute atomic E-state index is 0.300. The van der Waals surface area contributed by atoms with Gasteiger partial charge in [0.15, 0.2) is 5.13 Å². The van der Waals surface area contributed by atoms with Crippen molar-refractivity contribution in [1.29, 1.82) is 0 Å². The Bertz CT molecular complexity index is 863. The molecule has 4 nitrogen and oxygen atoms in total. The molecule has 0 aliphatic heterocycles. The van der Waals surface area contributed by atoms with E-state index < -0.39 is 23.4 Å². The maximum atomic E-state index is 13.5. The first kappa shape index (κ1) is 16.4. The average Bonchev–Trinajstić information content (AvgIpc) is 3.00. The van der Waals surface area contributed by atoms with Crippen molar-refractivity contribution in [3.05, 3.63) is 64.5 Å². The molecule has 0 aliphatic rings. The van der Waals surface area contributed by atoms with Crippen LogP contribution in [-0.2, 0) is 0 Å². The number of nitrogens with zero attached hydrogens (tertiary/aromatic N) is 1. The van der Waals surface area contributed by atoms with Gasteiger partial charge in [0.25, 0.3) is 0 Å². The van der Waals surface area contributed by atoms with Crippen molar-refractivity contribution in [2.75, 3.05) is 10.6 Å². The Kier molecular flexibility index (Phi) is 4.73.